The monoisotopic (exact) mass is 260 g/mol. The lowest BCUT2D eigenvalue weighted by Gasteiger charge is -2.22. The highest BCUT2D eigenvalue weighted by Crippen LogP contribution is 2.38. The summed E-state index contributed by atoms with van der Waals surface area (Å²) in [4.78, 5) is 12.3. The SMILES string of the molecule is CC1(C(=O)Nc2cccc(CCCN)c2)CCCC1. The maximum Gasteiger partial charge on any atom is 0.230 e. The van der Waals surface area contributed by atoms with Crippen molar-refractivity contribution in [3.63, 3.8) is 0 Å². The molecule has 2 rings (SSSR count). The number of amides is 1. The first-order chi connectivity index (χ1) is 9.14. The van der Waals surface area contributed by atoms with Crippen molar-refractivity contribution >= 4 is 11.6 Å². The second kappa shape index (κ2) is 6.20. The number of nitrogens with one attached hydrogen (secondary N) is 1. The summed E-state index contributed by atoms with van der Waals surface area (Å²) in [6.07, 6.45) is 6.30. The second-order valence-electron chi connectivity index (χ2n) is 5.81. The van der Waals surface area contributed by atoms with E-state index in [1.807, 2.05) is 12.1 Å². The lowest BCUT2D eigenvalue weighted by atomic mass is 9.88. The molecule has 0 saturated heterocycles. The normalized spacial score (nSPS) is 17.4. The van der Waals surface area contributed by atoms with Crippen LogP contribution in [-0.4, -0.2) is 12.5 Å². The molecule has 0 unspecified atom stereocenters. The fourth-order valence-electron chi connectivity index (χ4n) is 2.78. The van der Waals surface area contributed by atoms with Gasteiger partial charge >= 0.3 is 0 Å². The van der Waals surface area contributed by atoms with Gasteiger partial charge in [0.15, 0.2) is 0 Å². The second-order valence-corrected chi connectivity index (χ2v) is 5.81. The Morgan fingerprint density at radius 3 is 2.79 bits per heavy atom. The Balaban J connectivity index is 2.00. The Morgan fingerprint density at radius 2 is 2.11 bits per heavy atom. The van der Waals surface area contributed by atoms with Crippen LogP contribution < -0.4 is 11.1 Å². The van der Waals surface area contributed by atoms with E-state index in [-0.39, 0.29) is 11.3 Å². The Bertz CT molecular complexity index is 436. The number of hydrogen-bond donors (Lipinski definition) is 2. The molecule has 1 aliphatic rings. The summed E-state index contributed by atoms with van der Waals surface area (Å²) in [7, 11) is 0. The van der Waals surface area contributed by atoms with Crippen molar-refractivity contribution in [2.24, 2.45) is 11.1 Å². The molecule has 1 aromatic carbocycles. The molecule has 19 heavy (non-hydrogen) atoms. The predicted octanol–water partition coefficient (Wildman–Crippen LogP) is 3.10. The van der Waals surface area contributed by atoms with Crippen molar-refractivity contribution in [1.29, 1.82) is 0 Å². The molecule has 3 nitrogen and oxygen atoms in total. The van der Waals surface area contributed by atoms with Crippen molar-refractivity contribution in [3.8, 4) is 0 Å². The molecule has 0 aromatic heterocycles. The number of benzene rings is 1. The minimum atomic E-state index is -0.173. The number of aryl methyl sites for hydroxylation is 1. The zero-order valence-corrected chi connectivity index (χ0v) is 11.7. The van der Waals surface area contributed by atoms with E-state index in [2.05, 4.69) is 24.4 Å². The Hall–Kier alpha value is -1.35. The van der Waals surface area contributed by atoms with E-state index < -0.39 is 0 Å². The Morgan fingerprint density at radius 1 is 1.37 bits per heavy atom. The van der Waals surface area contributed by atoms with Crippen molar-refractivity contribution < 1.29 is 4.79 Å². The average molecular weight is 260 g/mol. The maximum atomic E-state index is 12.3. The maximum absolute atomic E-state index is 12.3. The first kappa shape index (κ1) is 14.1. The number of carbonyl (C=O) groups is 1. The zero-order valence-electron chi connectivity index (χ0n) is 11.7. The van der Waals surface area contributed by atoms with Crippen LogP contribution in [0.5, 0.6) is 0 Å². The number of carbonyl (C=O) groups excluding carboxylic acids is 1. The Labute approximate surface area is 115 Å². The van der Waals surface area contributed by atoms with Gasteiger partial charge in [-0.1, -0.05) is 31.9 Å². The molecule has 104 valence electrons. The molecule has 0 heterocycles. The summed E-state index contributed by atoms with van der Waals surface area (Å²) < 4.78 is 0. The lowest BCUT2D eigenvalue weighted by Crippen LogP contribution is -2.30. The van der Waals surface area contributed by atoms with E-state index in [1.165, 1.54) is 18.4 Å². The van der Waals surface area contributed by atoms with Gasteiger partial charge in [-0.3, -0.25) is 4.79 Å². The van der Waals surface area contributed by atoms with Gasteiger partial charge in [-0.2, -0.15) is 0 Å². The van der Waals surface area contributed by atoms with Gasteiger partial charge in [0.25, 0.3) is 0 Å². The number of rotatable bonds is 5. The van der Waals surface area contributed by atoms with Gasteiger partial charge in [-0.25, -0.2) is 0 Å². The van der Waals surface area contributed by atoms with Gasteiger partial charge in [-0.15, -0.1) is 0 Å². The minimum Gasteiger partial charge on any atom is -0.330 e. The van der Waals surface area contributed by atoms with E-state index in [0.717, 1.165) is 31.4 Å². The molecule has 0 radical (unpaired) electrons. The van der Waals surface area contributed by atoms with Crippen LogP contribution in [0.1, 0.15) is 44.6 Å². The molecule has 0 aliphatic heterocycles. The summed E-state index contributed by atoms with van der Waals surface area (Å²) in [6.45, 7) is 2.78. The third-order valence-corrected chi connectivity index (χ3v) is 4.11. The van der Waals surface area contributed by atoms with Crippen LogP contribution in [0.25, 0.3) is 0 Å². The van der Waals surface area contributed by atoms with E-state index in [1.54, 1.807) is 0 Å². The van der Waals surface area contributed by atoms with Crippen LogP contribution in [0.4, 0.5) is 5.69 Å². The summed E-state index contributed by atoms with van der Waals surface area (Å²) in [5, 5.41) is 3.07. The highest BCUT2D eigenvalue weighted by atomic mass is 16.2. The summed E-state index contributed by atoms with van der Waals surface area (Å²) in [6, 6.07) is 8.11. The first-order valence-electron chi connectivity index (χ1n) is 7.24. The number of anilines is 1. The third kappa shape index (κ3) is 3.57. The van der Waals surface area contributed by atoms with Crippen LogP contribution in [0.2, 0.25) is 0 Å². The van der Waals surface area contributed by atoms with Crippen LogP contribution in [0.3, 0.4) is 0 Å². The quantitative estimate of drug-likeness (QED) is 0.854. The van der Waals surface area contributed by atoms with Crippen molar-refractivity contribution in [2.75, 3.05) is 11.9 Å². The average Bonchev–Trinajstić information content (AvgIpc) is 2.85. The molecular weight excluding hydrogens is 236 g/mol. The fourth-order valence-corrected chi connectivity index (χ4v) is 2.78. The van der Waals surface area contributed by atoms with E-state index in [0.29, 0.717) is 6.54 Å². The standard InChI is InChI=1S/C16H24N2O/c1-16(9-2-3-10-16)15(19)18-14-8-4-6-13(12-14)7-5-11-17/h4,6,8,12H,2-3,5,7,9-11,17H2,1H3,(H,18,19). The summed E-state index contributed by atoms with van der Waals surface area (Å²) >= 11 is 0. The zero-order chi connectivity index (χ0) is 13.7. The predicted molar refractivity (Wildman–Crippen MR) is 79.0 cm³/mol. The highest BCUT2D eigenvalue weighted by Gasteiger charge is 2.36. The van der Waals surface area contributed by atoms with E-state index >= 15 is 0 Å². The molecule has 1 aliphatic carbocycles. The molecular formula is C16H24N2O. The van der Waals surface area contributed by atoms with Crippen LogP contribution in [0, 0.1) is 5.41 Å². The van der Waals surface area contributed by atoms with Gasteiger partial charge in [-0.05, 0) is 49.9 Å². The molecule has 0 spiro atoms. The molecule has 1 amide bonds. The van der Waals surface area contributed by atoms with Gasteiger partial charge in [0.05, 0.1) is 0 Å². The molecule has 0 bridgehead atoms. The molecule has 1 saturated carbocycles. The van der Waals surface area contributed by atoms with Crippen molar-refractivity contribution in [1.82, 2.24) is 0 Å². The van der Waals surface area contributed by atoms with Gasteiger partial charge < -0.3 is 11.1 Å². The molecule has 1 fully saturated rings. The number of nitrogens with two attached hydrogens (primary N) is 1. The van der Waals surface area contributed by atoms with Crippen LogP contribution in [0.15, 0.2) is 24.3 Å². The summed E-state index contributed by atoms with van der Waals surface area (Å²) in [5.74, 6) is 0.168. The smallest absolute Gasteiger partial charge is 0.230 e. The largest absolute Gasteiger partial charge is 0.330 e. The molecule has 0 atom stereocenters. The third-order valence-electron chi connectivity index (χ3n) is 4.11. The van der Waals surface area contributed by atoms with Crippen molar-refractivity contribution in [3.05, 3.63) is 29.8 Å². The van der Waals surface area contributed by atoms with Crippen molar-refractivity contribution in [2.45, 2.75) is 45.4 Å². The highest BCUT2D eigenvalue weighted by molar-refractivity contribution is 5.95. The lowest BCUT2D eigenvalue weighted by molar-refractivity contribution is -0.124. The Kier molecular flexibility index (Phi) is 4.59. The van der Waals surface area contributed by atoms with Gasteiger partial charge in [0.2, 0.25) is 5.91 Å². The minimum absolute atomic E-state index is 0.168. The van der Waals surface area contributed by atoms with Crippen LogP contribution in [-0.2, 0) is 11.2 Å². The molecule has 3 N–H and O–H groups in total. The van der Waals surface area contributed by atoms with Gasteiger partial charge in [0, 0.05) is 11.1 Å². The van der Waals surface area contributed by atoms with E-state index in [9.17, 15) is 4.79 Å². The van der Waals surface area contributed by atoms with Gasteiger partial charge in [0.1, 0.15) is 0 Å². The molecule has 1 aromatic rings. The number of hydrogen-bond acceptors (Lipinski definition) is 2. The van der Waals surface area contributed by atoms with Crippen LogP contribution >= 0.6 is 0 Å². The summed E-state index contributed by atoms with van der Waals surface area (Å²) in [5.41, 5.74) is 7.50. The first-order valence-corrected chi connectivity index (χ1v) is 7.24. The van der Waals surface area contributed by atoms with E-state index in [4.69, 9.17) is 5.73 Å². The molecule has 3 heteroatoms. The fraction of sp³-hybridized carbons (Fsp3) is 0.562. The topological polar surface area (TPSA) is 55.1 Å².